The minimum absolute atomic E-state index is 1.01. The second kappa shape index (κ2) is 4.67. The van der Waals surface area contributed by atoms with Gasteiger partial charge in [-0.05, 0) is 30.2 Å². The van der Waals surface area contributed by atoms with Gasteiger partial charge in [-0.3, -0.25) is 0 Å². The van der Waals surface area contributed by atoms with Crippen LogP contribution in [0.2, 0.25) is 0 Å². The van der Waals surface area contributed by atoms with E-state index in [1.54, 1.807) is 0 Å². The van der Waals surface area contributed by atoms with Crippen molar-refractivity contribution in [2.75, 3.05) is 0 Å². The molecule has 0 N–H and O–H groups in total. The summed E-state index contributed by atoms with van der Waals surface area (Å²) < 4.78 is 6.58. The third-order valence-corrected chi connectivity index (χ3v) is 2.86. The predicted molar refractivity (Wildman–Crippen MR) is 65.8 cm³/mol. The minimum atomic E-state index is 1.01. The Bertz CT molecular complexity index is 428. The molecule has 0 aliphatic carbocycles. The highest BCUT2D eigenvalue weighted by Crippen LogP contribution is 2.24. The average molecular weight is 265 g/mol. The topological polar surface area (TPSA) is 13.1 Å². The lowest BCUT2D eigenvalue weighted by atomic mass is 10.1. The van der Waals surface area contributed by atoms with Crippen LogP contribution in [0.15, 0.2) is 45.5 Å². The summed E-state index contributed by atoms with van der Waals surface area (Å²) >= 11 is 3.42. The molecular formula is C13H13BrO. The van der Waals surface area contributed by atoms with Gasteiger partial charge in [0.05, 0.1) is 6.26 Å². The van der Waals surface area contributed by atoms with E-state index in [-0.39, 0.29) is 0 Å². The summed E-state index contributed by atoms with van der Waals surface area (Å²) in [6.45, 7) is 2.15. The van der Waals surface area contributed by atoms with E-state index in [0.29, 0.717) is 0 Å². The SMILES string of the molecule is CCCc1cc(-c2ccc(Br)cc2)co1. The number of benzene rings is 1. The molecule has 1 aromatic heterocycles. The molecule has 1 nitrogen and oxygen atoms in total. The Labute approximate surface area is 98.2 Å². The van der Waals surface area contributed by atoms with Gasteiger partial charge in [-0.1, -0.05) is 35.0 Å². The van der Waals surface area contributed by atoms with Gasteiger partial charge in [0.1, 0.15) is 5.76 Å². The summed E-state index contributed by atoms with van der Waals surface area (Å²) in [5.74, 6) is 1.07. The molecule has 2 rings (SSSR count). The van der Waals surface area contributed by atoms with Gasteiger partial charge in [0.15, 0.2) is 0 Å². The van der Waals surface area contributed by atoms with Gasteiger partial charge >= 0.3 is 0 Å². The molecule has 0 radical (unpaired) electrons. The summed E-state index contributed by atoms with van der Waals surface area (Å²) in [5, 5.41) is 0. The molecule has 0 unspecified atom stereocenters. The smallest absolute Gasteiger partial charge is 0.104 e. The first-order chi connectivity index (χ1) is 7.29. The number of halogens is 1. The van der Waals surface area contributed by atoms with E-state index in [1.807, 2.05) is 18.4 Å². The summed E-state index contributed by atoms with van der Waals surface area (Å²) in [4.78, 5) is 0. The van der Waals surface area contributed by atoms with Crippen molar-refractivity contribution >= 4 is 15.9 Å². The van der Waals surface area contributed by atoms with E-state index >= 15 is 0 Å². The normalized spacial score (nSPS) is 10.5. The molecule has 0 fully saturated rings. The van der Waals surface area contributed by atoms with E-state index in [1.165, 1.54) is 5.56 Å². The fourth-order valence-electron chi connectivity index (χ4n) is 1.55. The first kappa shape index (κ1) is 10.5. The number of rotatable bonds is 3. The summed E-state index contributed by atoms with van der Waals surface area (Å²) in [6.07, 6.45) is 3.96. The molecule has 0 aliphatic rings. The molecule has 0 bridgehead atoms. The van der Waals surface area contributed by atoms with Crippen molar-refractivity contribution in [2.24, 2.45) is 0 Å². The van der Waals surface area contributed by atoms with E-state index in [0.717, 1.165) is 28.6 Å². The van der Waals surface area contributed by atoms with Crippen molar-refractivity contribution in [3.8, 4) is 11.1 Å². The molecular weight excluding hydrogens is 252 g/mol. The molecule has 0 saturated heterocycles. The van der Waals surface area contributed by atoms with Crippen LogP contribution in [0.4, 0.5) is 0 Å². The van der Waals surface area contributed by atoms with Gasteiger partial charge in [-0.25, -0.2) is 0 Å². The van der Waals surface area contributed by atoms with E-state index < -0.39 is 0 Å². The molecule has 0 atom stereocenters. The van der Waals surface area contributed by atoms with Crippen LogP contribution in [-0.2, 0) is 6.42 Å². The number of hydrogen-bond acceptors (Lipinski definition) is 1. The van der Waals surface area contributed by atoms with Crippen molar-refractivity contribution in [1.29, 1.82) is 0 Å². The Kier molecular flexibility index (Phi) is 3.27. The maximum Gasteiger partial charge on any atom is 0.104 e. The zero-order chi connectivity index (χ0) is 10.7. The molecule has 1 aromatic carbocycles. The Morgan fingerprint density at radius 2 is 1.87 bits per heavy atom. The quantitative estimate of drug-likeness (QED) is 0.786. The van der Waals surface area contributed by atoms with Gasteiger partial charge < -0.3 is 4.42 Å². The third kappa shape index (κ3) is 2.51. The number of hydrogen-bond donors (Lipinski definition) is 0. The van der Waals surface area contributed by atoms with E-state index in [4.69, 9.17) is 4.42 Å². The predicted octanol–water partition coefficient (Wildman–Crippen LogP) is 4.66. The largest absolute Gasteiger partial charge is 0.469 e. The van der Waals surface area contributed by atoms with Crippen LogP contribution in [0, 0.1) is 0 Å². The molecule has 78 valence electrons. The van der Waals surface area contributed by atoms with E-state index in [9.17, 15) is 0 Å². The lowest BCUT2D eigenvalue weighted by molar-refractivity contribution is 0.507. The fourth-order valence-corrected chi connectivity index (χ4v) is 1.82. The summed E-state index contributed by atoms with van der Waals surface area (Å²) in [5.41, 5.74) is 2.36. The molecule has 0 aliphatic heterocycles. The van der Waals surface area contributed by atoms with Crippen molar-refractivity contribution < 1.29 is 4.42 Å². The molecule has 2 heteroatoms. The second-order valence-corrected chi connectivity index (χ2v) is 4.47. The average Bonchev–Trinajstić information content (AvgIpc) is 2.68. The first-order valence-electron chi connectivity index (χ1n) is 5.13. The highest BCUT2D eigenvalue weighted by atomic mass is 79.9. The standard InChI is InChI=1S/C13H13BrO/c1-2-3-13-8-11(9-15-13)10-4-6-12(14)7-5-10/h4-9H,2-3H2,1H3. The van der Waals surface area contributed by atoms with Gasteiger partial charge in [-0.15, -0.1) is 0 Å². The Hall–Kier alpha value is -1.02. The van der Waals surface area contributed by atoms with Crippen molar-refractivity contribution in [2.45, 2.75) is 19.8 Å². The molecule has 1 heterocycles. The molecule has 0 amide bonds. The monoisotopic (exact) mass is 264 g/mol. The van der Waals surface area contributed by atoms with Gasteiger partial charge in [0.2, 0.25) is 0 Å². The number of aryl methyl sites for hydroxylation is 1. The summed E-state index contributed by atoms with van der Waals surface area (Å²) in [6, 6.07) is 10.4. The van der Waals surface area contributed by atoms with Gasteiger partial charge in [0.25, 0.3) is 0 Å². The molecule has 0 saturated carbocycles. The van der Waals surface area contributed by atoms with Crippen LogP contribution in [0.5, 0.6) is 0 Å². The zero-order valence-electron chi connectivity index (χ0n) is 8.66. The van der Waals surface area contributed by atoms with Crippen LogP contribution >= 0.6 is 15.9 Å². The first-order valence-corrected chi connectivity index (χ1v) is 5.92. The second-order valence-electron chi connectivity index (χ2n) is 3.56. The van der Waals surface area contributed by atoms with Crippen LogP contribution in [-0.4, -0.2) is 0 Å². The Balaban J connectivity index is 2.25. The van der Waals surface area contributed by atoms with Gasteiger partial charge in [-0.2, -0.15) is 0 Å². The lowest BCUT2D eigenvalue weighted by Gasteiger charge is -1.95. The van der Waals surface area contributed by atoms with Crippen LogP contribution < -0.4 is 0 Å². The minimum Gasteiger partial charge on any atom is -0.469 e. The summed E-state index contributed by atoms with van der Waals surface area (Å²) in [7, 11) is 0. The molecule has 0 spiro atoms. The maximum absolute atomic E-state index is 5.48. The van der Waals surface area contributed by atoms with Crippen molar-refractivity contribution in [1.82, 2.24) is 0 Å². The highest BCUT2D eigenvalue weighted by Gasteiger charge is 2.02. The molecule has 2 aromatic rings. The maximum atomic E-state index is 5.48. The van der Waals surface area contributed by atoms with Gasteiger partial charge in [0, 0.05) is 16.5 Å². The van der Waals surface area contributed by atoms with Crippen molar-refractivity contribution in [3.05, 3.63) is 46.8 Å². The van der Waals surface area contributed by atoms with Crippen LogP contribution in [0.1, 0.15) is 19.1 Å². The van der Waals surface area contributed by atoms with E-state index in [2.05, 4.69) is 41.1 Å². The third-order valence-electron chi connectivity index (χ3n) is 2.33. The Morgan fingerprint density at radius 1 is 1.13 bits per heavy atom. The lowest BCUT2D eigenvalue weighted by Crippen LogP contribution is -1.76. The van der Waals surface area contributed by atoms with Crippen LogP contribution in [0.3, 0.4) is 0 Å². The number of furan rings is 1. The highest BCUT2D eigenvalue weighted by molar-refractivity contribution is 9.10. The Morgan fingerprint density at radius 3 is 2.53 bits per heavy atom. The molecule has 15 heavy (non-hydrogen) atoms. The zero-order valence-corrected chi connectivity index (χ0v) is 10.3. The van der Waals surface area contributed by atoms with Crippen LogP contribution in [0.25, 0.3) is 11.1 Å². The van der Waals surface area contributed by atoms with Crippen molar-refractivity contribution in [3.63, 3.8) is 0 Å². The fraction of sp³-hybridized carbons (Fsp3) is 0.231.